The highest BCUT2D eigenvalue weighted by Gasteiger charge is 2.32. The molecule has 0 radical (unpaired) electrons. The Morgan fingerprint density at radius 2 is 1.86 bits per heavy atom. The van der Waals surface area contributed by atoms with E-state index in [0.717, 1.165) is 5.56 Å². The van der Waals surface area contributed by atoms with Gasteiger partial charge in [0.1, 0.15) is 17.6 Å². The monoisotopic (exact) mass is 400 g/mol. The molecule has 146 valence electrons. The van der Waals surface area contributed by atoms with Crippen LogP contribution >= 0.6 is 12.2 Å². The van der Waals surface area contributed by atoms with Crippen LogP contribution in [0.3, 0.4) is 0 Å². The number of hydrogen-bond acceptors (Lipinski definition) is 6. The maximum atomic E-state index is 12.2. The molecule has 3 rings (SSSR count). The number of furan rings is 1. The number of benzene rings is 1. The number of thiocarbonyl (C=S) groups is 1. The summed E-state index contributed by atoms with van der Waals surface area (Å²) in [6.45, 7) is 3.84. The van der Waals surface area contributed by atoms with Gasteiger partial charge in [-0.3, -0.25) is 0 Å². The summed E-state index contributed by atoms with van der Waals surface area (Å²) in [6.07, 6.45) is 0. The standard InChI is InChI=1S/C20H20N2O5S/c1-4-26-18(23)13-7-5-12(6-8-13)14-9-10-15(27-14)17-16(19(24)25-3)11(2)21-20(28)22-17/h5-10,17H,4H2,1-3H3,(H2,21,22,28)/t17-/m0/s1. The Morgan fingerprint density at radius 3 is 2.50 bits per heavy atom. The van der Waals surface area contributed by atoms with E-state index in [4.69, 9.17) is 26.1 Å². The van der Waals surface area contributed by atoms with E-state index in [-0.39, 0.29) is 5.97 Å². The molecule has 2 N–H and O–H groups in total. The topological polar surface area (TPSA) is 89.8 Å². The van der Waals surface area contributed by atoms with Gasteiger partial charge >= 0.3 is 11.9 Å². The maximum Gasteiger partial charge on any atom is 0.338 e. The van der Waals surface area contributed by atoms with Gasteiger partial charge in [-0.1, -0.05) is 12.1 Å². The first-order valence-electron chi connectivity index (χ1n) is 8.68. The van der Waals surface area contributed by atoms with E-state index in [0.29, 0.717) is 40.1 Å². The van der Waals surface area contributed by atoms with Crippen molar-refractivity contribution in [3.63, 3.8) is 0 Å². The van der Waals surface area contributed by atoms with Gasteiger partial charge in [0.05, 0.1) is 24.9 Å². The second-order valence-corrected chi connectivity index (χ2v) is 6.47. The molecule has 2 aromatic rings. The average molecular weight is 400 g/mol. The van der Waals surface area contributed by atoms with Crippen LogP contribution in [-0.4, -0.2) is 30.8 Å². The van der Waals surface area contributed by atoms with Gasteiger partial charge in [-0.25, -0.2) is 9.59 Å². The minimum absolute atomic E-state index is 0.322. The first-order chi connectivity index (χ1) is 13.4. The Bertz CT molecular complexity index is 946. The van der Waals surface area contributed by atoms with E-state index < -0.39 is 12.0 Å². The van der Waals surface area contributed by atoms with Crippen LogP contribution in [0.4, 0.5) is 0 Å². The predicted octanol–water partition coefficient (Wildman–Crippen LogP) is 3.09. The molecular weight excluding hydrogens is 380 g/mol. The summed E-state index contributed by atoms with van der Waals surface area (Å²) in [5.74, 6) is 0.276. The van der Waals surface area contributed by atoms with Crippen molar-refractivity contribution in [3.8, 4) is 11.3 Å². The number of carbonyl (C=O) groups excluding carboxylic acids is 2. The Balaban J connectivity index is 1.89. The van der Waals surface area contributed by atoms with Crippen molar-refractivity contribution in [2.75, 3.05) is 13.7 Å². The summed E-state index contributed by atoms with van der Waals surface area (Å²) in [5.41, 5.74) is 2.26. The van der Waals surface area contributed by atoms with E-state index in [9.17, 15) is 9.59 Å². The number of methoxy groups -OCH3 is 1. The largest absolute Gasteiger partial charge is 0.466 e. The zero-order valence-electron chi connectivity index (χ0n) is 15.7. The molecule has 7 nitrogen and oxygen atoms in total. The fraction of sp³-hybridized carbons (Fsp3) is 0.250. The number of ether oxygens (including phenoxy) is 2. The number of allylic oxidation sites excluding steroid dienone is 1. The Morgan fingerprint density at radius 1 is 1.14 bits per heavy atom. The van der Waals surface area contributed by atoms with Crippen molar-refractivity contribution < 1.29 is 23.5 Å². The lowest BCUT2D eigenvalue weighted by Crippen LogP contribution is -2.44. The Kier molecular flexibility index (Phi) is 5.79. The molecule has 0 saturated heterocycles. The van der Waals surface area contributed by atoms with Gasteiger partial charge in [-0.05, 0) is 50.3 Å². The van der Waals surface area contributed by atoms with Crippen LogP contribution < -0.4 is 10.6 Å². The summed E-state index contributed by atoms with van der Waals surface area (Å²) >= 11 is 5.20. The summed E-state index contributed by atoms with van der Waals surface area (Å²) in [6, 6.07) is 9.92. The third kappa shape index (κ3) is 3.91. The smallest absolute Gasteiger partial charge is 0.338 e. The van der Waals surface area contributed by atoms with Crippen LogP contribution in [0.15, 0.2) is 52.1 Å². The molecule has 0 amide bonds. The SMILES string of the molecule is CCOC(=O)c1ccc(-c2ccc([C@@H]3NC(=S)NC(C)=C3C(=O)OC)o2)cc1. The minimum Gasteiger partial charge on any atom is -0.466 e. The second-order valence-electron chi connectivity index (χ2n) is 6.06. The van der Waals surface area contributed by atoms with E-state index in [1.54, 1.807) is 50.2 Å². The number of carbonyl (C=O) groups is 2. The molecule has 1 aliphatic heterocycles. The molecule has 2 heterocycles. The number of rotatable bonds is 5. The highest BCUT2D eigenvalue weighted by atomic mass is 32.1. The molecule has 28 heavy (non-hydrogen) atoms. The van der Waals surface area contributed by atoms with Gasteiger partial charge in [0.25, 0.3) is 0 Å². The molecule has 0 saturated carbocycles. The molecule has 0 unspecified atom stereocenters. The summed E-state index contributed by atoms with van der Waals surface area (Å²) in [7, 11) is 1.32. The van der Waals surface area contributed by atoms with E-state index in [2.05, 4.69) is 10.6 Å². The van der Waals surface area contributed by atoms with Gasteiger partial charge in [0.2, 0.25) is 0 Å². The maximum absolute atomic E-state index is 12.2. The third-order valence-corrected chi connectivity index (χ3v) is 4.49. The van der Waals surface area contributed by atoms with Crippen LogP contribution in [0, 0.1) is 0 Å². The molecule has 0 aliphatic carbocycles. The fourth-order valence-corrected chi connectivity index (χ4v) is 3.21. The van der Waals surface area contributed by atoms with Crippen LogP contribution in [0.25, 0.3) is 11.3 Å². The molecule has 0 fully saturated rings. The summed E-state index contributed by atoms with van der Waals surface area (Å²) < 4.78 is 15.8. The lowest BCUT2D eigenvalue weighted by Gasteiger charge is -2.27. The highest BCUT2D eigenvalue weighted by molar-refractivity contribution is 7.80. The number of hydrogen-bond donors (Lipinski definition) is 2. The summed E-state index contributed by atoms with van der Waals surface area (Å²) in [5, 5.41) is 6.36. The van der Waals surface area contributed by atoms with Gasteiger partial charge in [0.15, 0.2) is 5.11 Å². The molecule has 1 aromatic carbocycles. The molecule has 1 atom stereocenters. The van der Waals surface area contributed by atoms with Crippen molar-refractivity contribution in [3.05, 3.63) is 59.0 Å². The molecular formula is C20H20N2O5S. The van der Waals surface area contributed by atoms with Crippen molar-refractivity contribution in [2.24, 2.45) is 0 Å². The van der Waals surface area contributed by atoms with E-state index >= 15 is 0 Å². The fourth-order valence-electron chi connectivity index (χ4n) is 2.94. The normalized spacial score (nSPS) is 16.2. The number of esters is 2. The lowest BCUT2D eigenvalue weighted by atomic mass is 10.0. The minimum atomic E-state index is -0.561. The average Bonchev–Trinajstić information content (AvgIpc) is 3.17. The first kappa shape index (κ1) is 19.6. The van der Waals surface area contributed by atoms with Crippen LogP contribution in [-0.2, 0) is 14.3 Å². The molecule has 1 aliphatic rings. The van der Waals surface area contributed by atoms with Gasteiger partial charge in [0, 0.05) is 11.3 Å². The Labute approximate surface area is 167 Å². The molecule has 1 aromatic heterocycles. The molecule has 0 spiro atoms. The molecule has 0 bridgehead atoms. The van der Waals surface area contributed by atoms with Crippen LogP contribution in [0.2, 0.25) is 0 Å². The number of nitrogens with one attached hydrogen (secondary N) is 2. The lowest BCUT2D eigenvalue weighted by molar-refractivity contribution is -0.136. The van der Waals surface area contributed by atoms with Crippen LogP contribution in [0.1, 0.15) is 36.0 Å². The summed E-state index contributed by atoms with van der Waals surface area (Å²) in [4.78, 5) is 24.0. The van der Waals surface area contributed by atoms with Gasteiger partial charge < -0.3 is 24.5 Å². The van der Waals surface area contributed by atoms with E-state index in [1.165, 1.54) is 7.11 Å². The van der Waals surface area contributed by atoms with Gasteiger partial charge in [-0.15, -0.1) is 0 Å². The third-order valence-electron chi connectivity index (χ3n) is 4.27. The van der Waals surface area contributed by atoms with Crippen molar-refractivity contribution >= 4 is 29.3 Å². The van der Waals surface area contributed by atoms with Gasteiger partial charge in [-0.2, -0.15) is 0 Å². The van der Waals surface area contributed by atoms with Crippen molar-refractivity contribution in [1.82, 2.24) is 10.6 Å². The zero-order chi connectivity index (χ0) is 20.3. The second kappa shape index (κ2) is 8.26. The first-order valence-corrected chi connectivity index (χ1v) is 9.09. The molecule has 8 heteroatoms. The van der Waals surface area contributed by atoms with Crippen LogP contribution in [0.5, 0.6) is 0 Å². The van der Waals surface area contributed by atoms with E-state index in [1.807, 2.05) is 0 Å². The Hall–Kier alpha value is -3.13. The quantitative estimate of drug-likeness (QED) is 0.585. The van der Waals surface area contributed by atoms with Crippen molar-refractivity contribution in [1.29, 1.82) is 0 Å². The van der Waals surface area contributed by atoms with Crippen molar-refractivity contribution in [2.45, 2.75) is 19.9 Å². The predicted molar refractivity (Wildman–Crippen MR) is 106 cm³/mol. The highest BCUT2D eigenvalue weighted by Crippen LogP contribution is 2.32. The zero-order valence-corrected chi connectivity index (χ0v) is 16.5.